The lowest BCUT2D eigenvalue weighted by Crippen LogP contribution is -2.18. The first kappa shape index (κ1) is 21.4. The number of para-hydroxylation sites is 2. The number of anilines is 1. The van der Waals surface area contributed by atoms with Crippen LogP contribution in [-0.2, 0) is 20.8 Å². The van der Waals surface area contributed by atoms with Crippen LogP contribution in [0.2, 0.25) is 0 Å². The summed E-state index contributed by atoms with van der Waals surface area (Å²) in [6.07, 6.45) is 1.77. The van der Waals surface area contributed by atoms with Gasteiger partial charge in [-0.05, 0) is 25.5 Å². The number of aryl methyl sites for hydroxylation is 1. The van der Waals surface area contributed by atoms with Gasteiger partial charge in [-0.2, -0.15) is 0 Å². The lowest BCUT2D eigenvalue weighted by atomic mass is 10.3. The minimum Gasteiger partial charge on any atom is -0.465 e. The standard InChI is InChI=1S/C19H21N5O5S/c1-2-28-17(26)12-10-21-18(23-16(12)20)30-11-15(25)29-9-5-8-24-14-7-4-3-6-13(14)22-19(24)27/h3-4,6-7,10H,2,5,8-9,11H2,1H3,(H,22,27)(H2,20,21,23). The van der Waals surface area contributed by atoms with Gasteiger partial charge in [0.25, 0.3) is 0 Å². The normalized spacial score (nSPS) is 10.8. The van der Waals surface area contributed by atoms with Crippen molar-refractivity contribution in [3.8, 4) is 0 Å². The molecule has 0 saturated carbocycles. The number of nitrogen functional groups attached to an aromatic ring is 1. The average Bonchev–Trinajstić information content (AvgIpc) is 3.05. The highest BCUT2D eigenvalue weighted by atomic mass is 32.2. The first-order chi connectivity index (χ1) is 14.5. The van der Waals surface area contributed by atoms with Crippen molar-refractivity contribution in [2.24, 2.45) is 0 Å². The molecule has 0 saturated heterocycles. The molecule has 0 fully saturated rings. The van der Waals surface area contributed by atoms with E-state index in [0.717, 1.165) is 22.8 Å². The Morgan fingerprint density at radius 3 is 2.83 bits per heavy atom. The number of hydrogen-bond donors (Lipinski definition) is 2. The Morgan fingerprint density at radius 1 is 1.27 bits per heavy atom. The number of imidazole rings is 1. The van der Waals surface area contributed by atoms with Gasteiger partial charge in [-0.25, -0.2) is 19.6 Å². The number of carbonyl (C=O) groups is 2. The Balaban J connectivity index is 1.44. The van der Waals surface area contributed by atoms with E-state index in [2.05, 4.69) is 15.0 Å². The van der Waals surface area contributed by atoms with Crippen LogP contribution in [0.3, 0.4) is 0 Å². The van der Waals surface area contributed by atoms with Crippen LogP contribution >= 0.6 is 11.8 Å². The first-order valence-electron chi connectivity index (χ1n) is 9.25. The summed E-state index contributed by atoms with van der Waals surface area (Å²) >= 11 is 1.05. The van der Waals surface area contributed by atoms with Crippen LogP contribution in [0.25, 0.3) is 11.0 Å². The van der Waals surface area contributed by atoms with E-state index >= 15 is 0 Å². The monoisotopic (exact) mass is 431 g/mol. The second kappa shape index (κ2) is 9.92. The number of hydrogen-bond acceptors (Lipinski definition) is 9. The number of nitrogens with one attached hydrogen (secondary N) is 1. The number of rotatable bonds is 9. The molecule has 3 rings (SSSR count). The molecule has 3 N–H and O–H groups in total. The van der Waals surface area contributed by atoms with E-state index in [4.69, 9.17) is 15.2 Å². The molecular weight excluding hydrogens is 410 g/mol. The average molecular weight is 431 g/mol. The van der Waals surface area contributed by atoms with Crippen molar-refractivity contribution >= 4 is 40.6 Å². The Labute approximate surface area is 175 Å². The number of aromatic amines is 1. The largest absolute Gasteiger partial charge is 0.465 e. The van der Waals surface area contributed by atoms with Gasteiger partial charge in [0.2, 0.25) is 0 Å². The van der Waals surface area contributed by atoms with Crippen LogP contribution in [0.5, 0.6) is 0 Å². The molecule has 0 unspecified atom stereocenters. The predicted molar refractivity (Wildman–Crippen MR) is 111 cm³/mol. The summed E-state index contributed by atoms with van der Waals surface area (Å²) in [4.78, 5) is 46.4. The molecule has 2 heterocycles. The summed E-state index contributed by atoms with van der Waals surface area (Å²) in [7, 11) is 0. The quantitative estimate of drug-likeness (QED) is 0.223. The molecule has 0 atom stereocenters. The summed E-state index contributed by atoms with van der Waals surface area (Å²) in [5.74, 6) is -1.06. The second-order valence-corrected chi connectivity index (χ2v) is 7.08. The van der Waals surface area contributed by atoms with E-state index in [1.807, 2.05) is 24.3 Å². The molecule has 0 aliphatic rings. The summed E-state index contributed by atoms with van der Waals surface area (Å²) in [5, 5.41) is 0.253. The van der Waals surface area contributed by atoms with Gasteiger partial charge in [0.15, 0.2) is 5.16 Å². The van der Waals surface area contributed by atoms with Crippen molar-refractivity contribution in [3.63, 3.8) is 0 Å². The summed E-state index contributed by atoms with van der Waals surface area (Å²) < 4.78 is 11.7. The minimum atomic E-state index is -0.597. The third-order valence-corrected chi connectivity index (χ3v) is 4.92. The zero-order valence-corrected chi connectivity index (χ0v) is 17.1. The van der Waals surface area contributed by atoms with Crippen LogP contribution in [0, 0.1) is 0 Å². The fourth-order valence-electron chi connectivity index (χ4n) is 2.72. The molecule has 0 aliphatic heterocycles. The summed E-state index contributed by atoms with van der Waals surface area (Å²) in [6, 6.07) is 7.40. The molecule has 2 aromatic heterocycles. The molecule has 0 bridgehead atoms. The Bertz CT molecular complexity index is 1110. The number of carbonyl (C=O) groups excluding carboxylic acids is 2. The van der Waals surface area contributed by atoms with Crippen LogP contribution < -0.4 is 11.4 Å². The molecule has 10 nitrogen and oxygen atoms in total. The van der Waals surface area contributed by atoms with Crippen molar-refractivity contribution in [3.05, 3.63) is 46.5 Å². The van der Waals surface area contributed by atoms with Crippen LogP contribution in [0.1, 0.15) is 23.7 Å². The number of nitrogens with zero attached hydrogens (tertiary/aromatic N) is 3. The summed E-state index contributed by atoms with van der Waals surface area (Å²) in [5.41, 5.74) is 7.21. The molecular formula is C19H21N5O5S. The van der Waals surface area contributed by atoms with Gasteiger partial charge in [-0.3, -0.25) is 9.36 Å². The highest BCUT2D eigenvalue weighted by Gasteiger charge is 2.15. The lowest BCUT2D eigenvalue weighted by molar-refractivity contribution is -0.140. The maximum atomic E-state index is 12.0. The SMILES string of the molecule is CCOC(=O)c1cnc(SCC(=O)OCCCn2c(=O)[nH]c3ccccc32)nc1N. The topological polar surface area (TPSA) is 142 Å². The maximum Gasteiger partial charge on any atom is 0.343 e. The molecule has 3 aromatic rings. The minimum absolute atomic E-state index is 0.00870. The molecule has 0 aliphatic carbocycles. The van der Waals surface area contributed by atoms with Gasteiger partial charge < -0.3 is 20.2 Å². The number of ether oxygens (including phenoxy) is 2. The molecule has 158 valence electrons. The second-order valence-electron chi connectivity index (χ2n) is 6.13. The molecule has 1 aromatic carbocycles. The molecule has 30 heavy (non-hydrogen) atoms. The number of aromatic nitrogens is 4. The third kappa shape index (κ3) is 5.17. The number of H-pyrrole nitrogens is 1. The third-order valence-electron chi connectivity index (χ3n) is 4.08. The van der Waals surface area contributed by atoms with E-state index in [-0.39, 0.29) is 41.2 Å². The first-order valence-corrected chi connectivity index (χ1v) is 10.2. The van der Waals surface area contributed by atoms with Gasteiger partial charge in [0, 0.05) is 12.7 Å². The number of esters is 2. The molecule has 11 heteroatoms. The number of nitrogens with two attached hydrogens (primary N) is 1. The predicted octanol–water partition coefficient (Wildman–Crippen LogP) is 1.60. The van der Waals surface area contributed by atoms with Crippen molar-refractivity contribution < 1.29 is 19.1 Å². The van der Waals surface area contributed by atoms with E-state index < -0.39 is 11.9 Å². The highest BCUT2D eigenvalue weighted by molar-refractivity contribution is 7.99. The summed E-state index contributed by atoms with van der Waals surface area (Å²) in [6.45, 7) is 2.51. The van der Waals surface area contributed by atoms with Gasteiger partial charge in [-0.1, -0.05) is 23.9 Å². The number of thioether (sulfide) groups is 1. The Hall–Kier alpha value is -3.34. The lowest BCUT2D eigenvalue weighted by Gasteiger charge is -2.07. The Morgan fingerprint density at radius 2 is 2.07 bits per heavy atom. The highest BCUT2D eigenvalue weighted by Crippen LogP contribution is 2.17. The van der Waals surface area contributed by atoms with E-state index in [0.29, 0.717) is 13.0 Å². The van der Waals surface area contributed by atoms with Crippen molar-refractivity contribution in [2.45, 2.75) is 25.0 Å². The number of benzene rings is 1. The van der Waals surface area contributed by atoms with Crippen LogP contribution in [0.4, 0.5) is 5.82 Å². The maximum absolute atomic E-state index is 12.0. The molecule has 0 amide bonds. The fraction of sp³-hybridized carbons (Fsp3) is 0.316. The molecule has 0 spiro atoms. The molecule has 0 radical (unpaired) electrons. The van der Waals surface area contributed by atoms with Crippen molar-refractivity contribution in [2.75, 3.05) is 24.7 Å². The van der Waals surface area contributed by atoms with Crippen LogP contribution in [0.15, 0.2) is 40.4 Å². The van der Waals surface area contributed by atoms with Crippen molar-refractivity contribution in [1.29, 1.82) is 0 Å². The van der Waals surface area contributed by atoms with E-state index in [1.165, 1.54) is 6.20 Å². The zero-order valence-electron chi connectivity index (χ0n) is 16.3. The fourth-order valence-corrected chi connectivity index (χ4v) is 3.34. The van der Waals surface area contributed by atoms with E-state index in [1.54, 1.807) is 11.5 Å². The van der Waals surface area contributed by atoms with Gasteiger partial charge in [-0.15, -0.1) is 0 Å². The number of fused-ring (bicyclic) bond motifs is 1. The van der Waals surface area contributed by atoms with Crippen molar-refractivity contribution in [1.82, 2.24) is 19.5 Å². The van der Waals surface area contributed by atoms with E-state index in [9.17, 15) is 14.4 Å². The smallest absolute Gasteiger partial charge is 0.343 e. The van der Waals surface area contributed by atoms with Crippen LogP contribution in [-0.4, -0.2) is 50.4 Å². The van der Waals surface area contributed by atoms with Gasteiger partial charge in [0.05, 0.1) is 30.0 Å². The Kier molecular flexibility index (Phi) is 7.07. The van der Waals surface area contributed by atoms with Gasteiger partial charge >= 0.3 is 17.6 Å². The van der Waals surface area contributed by atoms with Gasteiger partial charge in [0.1, 0.15) is 11.4 Å². The zero-order chi connectivity index (χ0) is 21.5.